The molecule has 1 N–H and O–H groups in total. The van der Waals surface area contributed by atoms with E-state index in [-0.39, 0.29) is 11.8 Å². The number of benzene rings is 1. The second-order valence-electron chi connectivity index (χ2n) is 5.63. The SMILES string of the molecule is COc1ccc(Br)cc1CN1C(=O)C(C)NC(=O)C1(C)C. The van der Waals surface area contributed by atoms with Crippen LogP contribution in [0, 0.1) is 0 Å². The Kier molecular flexibility index (Phi) is 4.27. The lowest BCUT2D eigenvalue weighted by Crippen LogP contribution is -2.67. The van der Waals surface area contributed by atoms with Crippen molar-refractivity contribution in [1.82, 2.24) is 10.2 Å². The average molecular weight is 355 g/mol. The van der Waals surface area contributed by atoms with Crippen molar-refractivity contribution >= 4 is 27.7 Å². The van der Waals surface area contributed by atoms with Gasteiger partial charge in [-0.1, -0.05) is 15.9 Å². The zero-order valence-corrected chi connectivity index (χ0v) is 14.2. The van der Waals surface area contributed by atoms with E-state index >= 15 is 0 Å². The van der Waals surface area contributed by atoms with Crippen molar-refractivity contribution in [2.75, 3.05) is 7.11 Å². The lowest BCUT2D eigenvalue weighted by atomic mass is 9.95. The molecule has 1 unspecified atom stereocenters. The number of carbonyl (C=O) groups is 2. The number of nitrogens with one attached hydrogen (secondary N) is 1. The predicted molar refractivity (Wildman–Crippen MR) is 82.9 cm³/mol. The van der Waals surface area contributed by atoms with Crippen LogP contribution in [0.3, 0.4) is 0 Å². The first-order chi connectivity index (χ1) is 9.77. The summed E-state index contributed by atoms with van der Waals surface area (Å²) in [7, 11) is 1.59. The highest BCUT2D eigenvalue weighted by molar-refractivity contribution is 9.10. The van der Waals surface area contributed by atoms with E-state index in [0.29, 0.717) is 12.3 Å². The van der Waals surface area contributed by atoms with Crippen molar-refractivity contribution in [2.45, 2.75) is 38.9 Å². The molecule has 6 heteroatoms. The zero-order valence-electron chi connectivity index (χ0n) is 12.6. The Morgan fingerprint density at radius 1 is 1.38 bits per heavy atom. The molecule has 1 aliphatic rings. The van der Waals surface area contributed by atoms with Gasteiger partial charge < -0.3 is 15.0 Å². The Labute approximate surface area is 132 Å². The van der Waals surface area contributed by atoms with Crippen molar-refractivity contribution in [3.63, 3.8) is 0 Å². The molecule has 1 aromatic carbocycles. The Morgan fingerprint density at radius 3 is 2.67 bits per heavy atom. The number of hydrogen-bond acceptors (Lipinski definition) is 3. The first-order valence-electron chi connectivity index (χ1n) is 6.72. The monoisotopic (exact) mass is 354 g/mol. The summed E-state index contributed by atoms with van der Waals surface area (Å²) < 4.78 is 6.24. The lowest BCUT2D eigenvalue weighted by Gasteiger charge is -2.43. The average Bonchev–Trinajstić information content (AvgIpc) is 2.42. The fourth-order valence-electron chi connectivity index (χ4n) is 2.38. The molecule has 114 valence electrons. The number of amides is 2. The summed E-state index contributed by atoms with van der Waals surface area (Å²) in [6.07, 6.45) is 0. The molecule has 1 atom stereocenters. The minimum Gasteiger partial charge on any atom is -0.496 e. The molecule has 1 aromatic rings. The van der Waals surface area contributed by atoms with Crippen LogP contribution < -0.4 is 10.1 Å². The Bertz CT molecular complexity index is 586. The van der Waals surface area contributed by atoms with E-state index in [1.165, 1.54) is 0 Å². The Hall–Kier alpha value is -1.56. The van der Waals surface area contributed by atoms with E-state index in [0.717, 1.165) is 10.0 Å². The second-order valence-corrected chi connectivity index (χ2v) is 6.55. The molecule has 1 heterocycles. The third-order valence-electron chi connectivity index (χ3n) is 3.79. The molecule has 2 rings (SSSR count). The largest absolute Gasteiger partial charge is 0.496 e. The molecular formula is C15H19BrN2O3. The van der Waals surface area contributed by atoms with Gasteiger partial charge in [0.2, 0.25) is 11.8 Å². The van der Waals surface area contributed by atoms with Crippen LogP contribution in [-0.2, 0) is 16.1 Å². The fraction of sp³-hybridized carbons (Fsp3) is 0.467. The molecule has 0 spiro atoms. The first kappa shape index (κ1) is 15.8. The highest BCUT2D eigenvalue weighted by Crippen LogP contribution is 2.29. The van der Waals surface area contributed by atoms with Crippen molar-refractivity contribution in [1.29, 1.82) is 0 Å². The molecule has 1 fully saturated rings. The van der Waals surface area contributed by atoms with E-state index in [4.69, 9.17) is 4.74 Å². The van der Waals surface area contributed by atoms with Crippen molar-refractivity contribution in [3.8, 4) is 5.75 Å². The number of ether oxygens (including phenoxy) is 1. The quantitative estimate of drug-likeness (QED) is 0.903. The highest BCUT2D eigenvalue weighted by atomic mass is 79.9. The summed E-state index contributed by atoms with van der Waals surface area (Å²) in [5, 5.41) is 2.70. The first-order valence-corrected chi connectivity index (χ1v) is 7.51. The third kappa shape index (κ3) is 2.90. The van der Waals surface area contributed by atoms with E-state index in [9.17, 15) is 9.59 Å². The summed E-state index contributed by atoms with van der Waals surface area (Å²) in [4.78, 5) is 26.2. The lowest BCUT2D eigenvalue weighted by molar-refractivity contribution is -0.155. The van der Waals surface area contributed by atoms with Crippen LogP contribution in [0.5, 0.6) is 5.75 Å². The molecule has 0 aliphatic carbocycles. The van der Waals surface area contributed by atoms with Gasteiger partial charge in [-0.25, -0.2) is 0 Å². The van der Waals surface area contributed by atoms with Crippen molar-refractivity contribution in [3.05, 3.63) is 28.2 Å². The van der Waals surface area contributed by atoms with Gasteiger partial charge in [-0.3, -0.25) is 9.59 Å². The molecule has 1 saturated heterocycles. The van der Waals surface area contributed by atoms with Gasteiger partial charge in [0.1, 0.15) is 17.3 Å². The topological polar surface area (TPSA) is 58.6 Å². The second kappa shape index (κ2) is 5.67. The number of halogens is 1. The maximum atomic E-state index is 12.4. The van der Waals surface area contributed by atoms with Crippen molar-refractivity contribution in [2.24, 2.45) is 0 Å². The Balaban J connectivity index is 2.38. The van der Waals surface area contributed by atoms with Gasteiger partial charge in [0, 0.05) is 10.0 Å². The highest BCUT2D eigenvalue weighted by Gasteiger charge is 2.44. The van der Waals surface area contributed by atoms with Crippen LogP contribution in [0.4, 0.5) is 0 Å². The van der Waals surface area contributed by atoms with Crippen LogP contribution in [0.2, 0.25) is 0 Å². The summed E-state index contributed by atoms with van der Waals surface area (Å²) in [6, 6.07) is 5.11. The van der Waals surface area contributed by atoms with Gasteiger partial charge in [0.05, 0.1) is 13.7 Å². The van der Waals surface area contributed by atoms with Gasteiger partial charge in [-0.2, -0.15) is 0 Å². The summed E-state index contributed by atoms with van der Waals surface area (Å²) in [5.74, 6) is 0.450. The molecule has 0 aromatic heterocycles. The molecule has 0 bridgehead atoms. The fourth-order valence-corrected chi connectivity index (χ4v) is 2.79. The van der Waals surface area contributed by atoms with Gasteiger partial charge in [-0.05, 0) is 39.0 Å². The van der Waals surface area contributed by atoms with Crippen LogP contribution in [-0.4, -0.2) is 35.4 Å². The van der Waals surface area contributed by atoms with E-state index in [2.05, 4.69) is 21.2 Å². The number of carbonyl (C=O) groups excluding carboxylic acids is 2. The molecular weight excluding hydrogens is 336 g/mol. The summed E-state index contributed by atoms with van der Waals surface area (Å²) >= 11 is 3.42. The maximum Gasteiger partial charge on any atom is 0.246 e. The number of methoxy groups -OCH3 is 1. The smallest absolute Gasteiger partial charge is 0.246 e. The minimum absolute atomic E-state index is 0.0957. The van der Waals surface area contributed by atoms with Gasteiger partial charge in [0.25, 0.3) is 0 Å². The molecule has 1 aliphatic heterocycles. The molecule has 5 nitrogen and oxygen atoms in total. The summed E-state index contributed by atoms with van der Waals surface area (Å²) in [5.41, 5.74) is -0.0353. The van der Waals surface area contributed by atoms with Gasteiger partial charge in [0.15, 0.2) is 0 Å². The molecule has 21 heavy (non-hydrogen) atoms. The number of nitrogens with zero attached hydrogens (tertiary/aromatic N) is 1. The van der Waals surface area contributed by atoms with Crippen LogP contribution in [0.15, 0.2) is 22.7 Å². The molecule has 2 amide bonds. The van der Waals surface area contributed by atoms with Crippen LogP contribution >= 0.6 is 15.9 Å². The molecule has 0 radical (unpaired) electrons. The van der Waals surface area contributed by atoms with Crippen molar-refractivity contribution < 1.29 is 14.3 Å². The van der Waals surface area contributed by atoms with E-state index < -0.39 is 11.6 Å². The van der Waals surface area contributed by atoms with Crippen LogP contribution in [0.25, 0.3) is 0 Å². The maximum absolute atomic E-state index is 12.4. The zero-order chi connectivity index (χ0) is 15.8. The standard InChI is InChI=1S/C15H19BrN2O3/c1-9-13(19)18(15(2,3)14(20)17-9)8-10-7-11(16)5-6-12(10)21-4/h5-7,9H,8H2,1-4H3,(H,17,20). The number of piperazine rings is 1. The third-order valence-corrected chi connectivity index (χ3v) is 4.28. The van der Waals surface area contributed by atoms with Crippen LogP contribution in [0.1, 0.15) is 26.3 Å². The van der Waals surface area contributed by atoms with E-state index in [1.54, 1.807) is 32.8 Å². The normalized spacial score (nSPS) is 21.2. The van der Waals surface area contributed by atoms with Gasteiger partial charge in [-0.15, -0.1) is 0 Å². The minimum atomic E-state index is -0.892. The van der Waals surface area contributed by atoms with Gasteiger partial charge >= 0.3 is 0 Å². The Morgan fingerprint density at radius 2 is 2.05 bits per heavy atom. The summed E-state index contributed by atoms with van der Waals surface area (Å²) in [6.45, 7) is 5.51. The molecule has 0 saturated carbocycles. The van der Waals surface area contributed by atoms with E-state index in [1.807, 2.05) is 18.2 Å². The number of rotatable bonds is 3. The number of hydrogen-bond donors (Lipinski definition) is 1. The predicted octanol–water partition coefficient (Wildman–Crippen LogP) is 2.08.